The lowest BCUT2D eigenvalue weighted by molar-refractivity contribution is -0.138. The Hall–Kier alpha value is -4.87. The van der Waals surface area contributed by atoms with E-state index < -0.39 is 34.4 Å². The summed E-state index contributed by atoms with van der Waals surface area (Å²) in [5.41, 5.74) is -2.52. The van der Waals surface area contributed by atoms with E-state index in [1.54, 1.807) is 19.3 Å². The molecule has 4 heterocycles. The van der Waals surface area contributed by atoms with E-state index >= 15 is 0 Å². The zero-order valence-corrected chi connectivity index (χ0v) is 21.2. The van der Waals surface area contributed by atoms with E-state index in [-0.39, 0.29) is 57.6 Å². The summed E-state index contributed by atoms with van der Waals surface area (Å²) in [4.78, 5) is 37.1. The average molecular weight is 556 g/mol. The summed E-state index contributed by atoms with van der Waals surface area (Å²) in [5, 5.41) is 0.0473. The molecule has 40 heavy (non-hydrogen) atoms. The van der Waals surface area contributed by atoms with Crippen molar-refractivity contribution in [3.8, 4) is 34.1 Å². The molecule has 0 spiro atoms. The molecule has 0 amide bonds. The van der Waals surface area contributed by atoms with Gasteiger partial charge in [0, 0.05) is 38.7 Å². The Kier molecular flexibility index (Phi) is 6.48. The number of H-pyrrole nitrogens is 1. The summed E-state index contributed by atoms with van der Waals surface area (Å²) in [6.07, 6.45) is -1.33. The fourth-order valence-corrected chi connectivity index (χ4v) is 4.43. The third kappa shape index (κ3) is 4.51. The third-order valence-electron chi connectivity index (χ3n) is 6.50. The molecule has 0 radical (unpaired) electrons. The van der Waals surface area contributed by atoms with Crippen LogP contribution in [0, 0.1) is 25.5 Å². The molecule has 5 aromatic rings. The van der Waals surface area contributed by atoms with Crippen molar-refractivity contribution in [3.05, 3.63) is 104 Å². The van der Waals surface area contributed by atoms with Crippen LogP contribution in [0.25, 0.3) is 33.4 Å². The van der Waals surface area contributed by atoms with Gasteiger partial charge in [-0.3, -0.25) is 14.6 Å². The fraction of sp³-hybridized carbons (Fsp3) is 0.143. The number of aromatic amines is 1. The zero-order valence-electron chi connectivity index (χ0n) is 21.2. The maximum Gasteiger partial charge on any atom is 0.418 e. The molecular weight excluding hydrogens is 535 g/mol. The smallest absolute Gasteiger partial charge is 0.418 e. The standard InChI is InChI=1S/C28H19F5N4O3.H2/c1-13-16(28(31,32)33)12-35-26(40-21-7-6-17(29)24(30)14(21)2)22(13)19-11-20(38)23-18(36-19)8-9-34-25(23)15-5-4-10-37(3)27(15)39;/h4-12H,1-3H3,(H,36,38);1H. The summed E-state index contributed by atoms with van der Waals surface area (Å²) in [7, 11) is 1.54. The quantitative estimate of drug-likeness (QED) is 0.262. The van der Waals surface area contributed by atoms with E-state index in [0.717, 1.165) is 18.2 Å². The molecule has 7 nitrogen and oxygen atoms in total. The first-order valence-corrected chi connectivity index (χ1v) is 11.8. The Bertz CT molecular complexity index is 1940. The van der Waals surface area contributed by atoms with E-state index in [4.69, 9.17) is 4.74 Å². The molecule has 0 unspecified atom stereocenters. The van der Waals surface area contributed by atoms with Crippen molar-refractivity contribution in [2.24, 2.45) is 7.05 Å². The number of aryl methyl sites for hydroxylation is 1. The molecule has 0 atom stereocenters. The van der Waals surface area contributed by atoms with Crippen molar-refractivity contribution in [1.82, 2.24) is 19.5 Å². The molecule has 0 saturated heterocycles. The van der Waals surface area contributed by atoms with Gasteiger partial charge in [-0.25, -0.2) is 13.8 Å². The molecule has 4 aromatic heterocycles. The number of hydrogen-bond acceptors (Lipinski definition) is 5. The van der Waals surface area contributed by atoms with Gasteiger partial charge in [-0.1, -0.05) is 0 Å². The van der Waals surface area contributed by atoms with E-state index in [2.05, 4.69) is 15.0 Å². The average Bonchev–Trinajstić information content (AvgIpc) is 2.89. The van der Waals surface area contributed by atoms with E-state index in [0.29, 0.717) is 6.20 Å². The Morgan fingerprint density at radius 3 is 2.50 bits per heavy atom. The Labute approximate surface area is 224 Å². The summed E-state index contributed by atoms with van der Waals surface area (Å²) >= 11 is 0. The lowest BCUT2D eigenvalue weighted by Gasteiger charge is -2.18. The van der Waals surface area contributed by atoms with E-state index in [1.807, 2.05) is 0 Å². The molecule has 0 saturated carbocycles. The van der Waals surface area contributed by atoms with Gasteiger partial charge in [0.2, 0.25) is 5.88 Å². The van der Waals surface area contributed by atoms with Crippen LogP contribution in [0.1, 0.15) is 18.1 Å². The maximum atomic E-state index is 14.2. The highest BCUT2D eigenvalue weighted by atomic mass is 19.4. The lowest BCUT2D eigenvalue weighted by atomic mass is 10.00. The Morgan fingerprint density at radius 2 is 1.77 bits per heavy atom. The molecule has 1 aromatic carbocycles. The van der Waals surface area contributed by atoms with Crippen LogP contribution in [0.15, 0.2) is 64.6 Å². The fourth-order valence-electron chi connectivity index (χ4n) is 4.43. The number of alkyl halides is 3. The highest BCUT2D eigenvalue weighted by molar-refractivity contribution is 5.93. The number of hydrogen-bond donors (Lipinski definition) is 1. The van der Waals surface area contributed by atoms with Gasteiger partial charge in [-0.05, 0) is 49.7 Å². The minimum absolute atomic E-state index is 0. The van der Waals surface area contributed by atoms with Gasteiger partial charge >= 0.3 is 6.18 Å². The van der Waals surface area contributed by atoms with Crippen LogP contribution in [0.4, 0.5) is 22.0 Å². The molecule has 0 bridgehead atoms. The van der Waals surface area contributed by atoms with Gasteiger partial charge in [-0.15, -0.1) is 0 Å². The predicted octanol–water partition coefficient (Wildman–Crippen LogP) is 6.30. The number of halogens is 5. The molecule has 0 aliphatic carbocycles. The van der Waals surface area contributed by atoms with Crippen LogP contribution < -0.4 is 15.7 Å². The van der Waals surface area contributed by atoms with Gasteiger partial charge in [0.05, 0.1) is 39.0 Å². The molecule has 0 aliphatic heterocycles. The monoisotopic (exact) mass is 556 g/mol. The topological polar surface area (TPSA) is 89.9 Å². The van der Waals surface area contributed by atoms with Crippen molar-refractivity contribution < 1.29 is 28.1 Å². The van der Waals surface area contributed by atoms with E-state index in [1.165, 1.54) is 36.7 Å². The SMILES string of the molecule is Cc1c(Oc2ncc(C(F)(F)F)c(C)c2-c2cc(=O)c3c(-c4cccn(C)c4=O)nccc3[nH]2)ccc(F)c1F.[HH]. The van der Waals surface area contributed by atoms with Gasteiger partial charge in [0.15, 0.2) is 17.1 Å². The summed E-state index contributed by atoms with van der Waals surface area (Å²) in [6.45, 7) is 2.42. The van der Waals surface area contributed by atoms with Crippen LogP contribution in [-0.4, -0.2) is 19.5 Å². The number of aromatic nitrogens is 4. The summed E-state index contributed by atoms with van der Waals surface area (Å²) in [5.74, 6) is -2.87. The van der Waals surface area contributed by atoms with Crippen molar-refractivity contribution in [2.45, 2.75) is 20.0 Å². The second-order valence-corrected chi connectivity index (χ2v) is 9.03. The predicted molar refractivity (Wildman–Crippen MR) is 139 cm³/mol. The second-order valence-electron chi connectivity index (χ2n) is 9.03. The van der Waals surface area contributed by atoms with Gasteiger partial charge in [-0.2, -0.15) is 13.2 Å². The van der Waals surface area contributed by atoms with Crippen LogP contribution in [0.2, 0.25) is 0 Å². The lowest BCUT2D eigenvalue weighted by Crippen LogP contribution is -2.18. The summed E-state index contributed by atoms with van der Waals surface area (Å²) in [6, 6.07) is 7.54. The molecule has 5 rings (SSSR count). The number of nitrogens with zero attached hydrogens (tertiary/aromatic N) is 3. The first-order valence-electron chi connectivity index (χ1n) is 11.8. The number of pyridine rings is 4. The van der Waals surface area contributed by atoms with Gasteiger partial charge in [0.25, 0.3) is 5.56 Å². The molecule has 12 heteroatoms. The molecule has 206 valence electrons. The number of benzene rings is 1. The van der Waals surface area contributed by atoms with Gasteiger partial charge in [0.1, 0.15) is 5.75 Å². The highest BCUT2D eigenvalue weighted by Gasteiger charge is 2.35. The third-order valence-corrected chi connectivity index (χ3v) is 6.50. The van der Waals surface area contributed by atoms with Crippen molar-refractivity contribution in [3.63, 3.8) is 0 Å². The first kappa shape index (κ1) is 26.7. The van der Waals surface area contributed by atoms with Crippen molar-refractivity contribution >= 4 is 10.9 Å². The highest BCUT2D eigenvalue weighted by Crippen LogP contribution is 2.41. The van der Waals surface area contributed by atoms with Crippen LogP contribution in [0.5, 0.6) is 11.6 Å². The molecule has 1 N–H and O–H groups in total. The number of fused-ring (bicyclic) bond motifs is 1. The minimum atomic E-state index is -4.79. The molecule has 0 aliphatic rings. The van der Waals surface area contributed by atoms with Gasteiger partial charge < -0.3 is 14.3 Å². The van der Waals surface area contributed by atoms with Crippen LogP contribution in [0.3, 0.4) is 0 Å². The number of nitrogens with one attached hydrogen (secondary N) is 1. The van der Waals surface area contributed by atoms with Crippen LogP contribution >= 0.6 is 0 Å². The zero-order chi connectivity index (χ0) is 28.9. The molecule has 0 fully saturated rings. The minimum Gasteiger partial charge on any atom is -0.438 e. The maximum absolute atomic E-state index is 14.2. The van der Waals surface area contributed by atoms with Crippen LogP contribution in [-0.2, 0) is 13.2 Å². The largest absolute Gasteiger partial charge is 0.438 e. The van der Waals surface area contributed by atoms with E-state index in [9.17, 15) is 31.5 Å². The molecular formula is C28H21F5N4O3. The number of ether oxygens (including phenoxy) is 1. The van der Waals surface area contributed by atoms with Crippen molar-refractivity contribution in [1.29, 1.82) is 0 Å². The van der Waals surface area contributed by atoms with Crippen molar-refractivity contribution in [2.75, 3.05) is 0 Å². The Morgan fingerprint density at radius 1 is 1.02 bits per heavy atom. The number of rotatable bonds is 4. The second kappa shape index (κ2) is 9.70. The normalized spacial score (nSPS) is 11.7. The Balaban J connectivity index is 0.00000387. The first-order chi connectivity index (χ1) is 18.9. The summed E-state index contributed by atoms with van der Waals surface area (Å²) < 4.78 is 76.3.